The summed E-state index contributed by atoms with van der Waals surface area (Å²) < 4.78 is 39.5. The third kappa shape index (κ3) is 3.08. The Morgan fingerprint density at radius 2 is 1.62 bits per heavy atom. The van der Waals surface area contributed by atoms with Gasteiger partial charge in [-0.2, -0.15) is 0 Å². The number of amides is 1. The van der Waals surface area contributed by atoms with Gasteiger partial charge < -0.3 is 9.31 Å². The predicted octanol–water partition coefficient (Wildman–Crippen LogP) is 2.97. The fourth-order valence-corrected chi connectivity index (χ4v) is 4.83. The summed E-state index contributed by atoms with van der Waals surface area (Å²) >= 11 is 0. The number of benzene rings is 1. The maximum Gasteiger partial charge on any atom is 0.471 e. The standard InChI is InChI=1S/C20H23BN2O5S/c1-13-6-8-14(9-7-13)29(25,26)23-11-10-15-16(12-22-18(24)17(15)23)21-27-19(2,3)20(4,5)28-21/h6-12,16H,1-5H3. The first-order valence-corrected chi connectivity index (χ1v) is 10.9. The molecule has 1 atom stereocenters. The molecule has 29 heavy (non-hydrogen) atoms. The monoisotopic (exact) mass is 414 g/mol. The molecule has 1 fully saturated rings. The lowest BCUT2D eigenvalue weighted by Gasteiger charge is -2.32. The average Bonchev–Trinajstić information content (AvgIpc) is 3.16. The van der Waals surface area contributed by atoms with Gasteiger partial charge in [0, 0.05) is 12.4 Å². The fraction of sp³-hybridized carbons (Fsp3) is 0.400. The number of hydrogen-bond donors (Lipinski definition) is 0. The van der Waals surface area contributed by atoms with Crippen LogP contribution >= 0.6 is 0 Å². The van der Waals surface area contributed by atoms with Crippen molar-refractivity contribution in [2.24, 2.45) is 4.99 Å². The van der Waals surface area contributed by atoms with Crippen molar-refractivity contribution >= 4 is 29.3 Å². The molecule has 1 saturated heterocycles. The Bertz CT molecular complexity index is 1100. The van der Waals surface area contributed by atoms with Gasteiger partial charge in [-0.25, -0.2) is 17.4 Å². The SMILES string of the molecule is Cc1ccc(S(=O)(=O)n2ccc3c2C(=O)N=CC3B2OC(C)(C)C(C)(C)O2)cc1. The first-order chi connectivity index (χ1) is 13.4. The van der Waals surface area contributed by atoms with E-state index in [1.54, 1.807) is 18.2 Å². The molecule has 2 aliphatic heterocycles. The lowest BCUT2D eigenvalue weighted by atomic mass is 9.68. The second kappa shape index (κ2) is 6.39. The van der Waals surface area contributed by atoms with E-state index in [4.69, 9.17) is 9.31 Å². The van der Waals surface area contributed by atoms with E-state index >= 15 is 0 Å². The van der Waals surface area contributed by atoms with Gasteiger partial charge in [-0.1, -0.05) is 17.7 Å². The number of fused-ring (bicyclic) bond motifs is 1. The molecule has 152 valence electrons. The molecule has 0 N–H and O–H groups in total. The van der Waals surface area contributed by atoms with Crippen LogP contribution in [0.5, 0.6) is 0 Å². The lowest BCUT2D eigenvalue weighted by molar-refractivity contribution is 0.00578. The van der Waals surface area contributed by atoms with Gasteiger partial charge in [0.15, 0.2) is 0 Å². The number of nitrogens with zero attached hydrogens (tertiary/aromatic N) is 2. The van der Waals surface area contributed by atoms with E-state index in [0.29, 0.717) is 5.56 Å². The van der Waals surface area contributed by atoms with Crippen LogP contribution in [0.2, 0.25) is 0 Å². The van der Waals surface area contributed by atoms with Crippen LogP contribution in [0.3, 0.4) is 0 Å². The van der Waals surface area contributed by atoms with Crippen molar-refractivity contribution < 1.29 is 22.5 Å². The van der Waals surface area contributed by atoms with Crippen LogP contribution in [0.4, 0.5) is 0 Å². The van der Waals surface area contributed by atoms with Crippen molar-refractivity contribution in [3.05, 3.63) is 53.3 Å². The van der Waals surface area contributed by atoms with E-state index in [0.717, 1.165) is 9.54 Å². The maximum absolute atomic E-state index is 13.2. The van der Waals surface area contributed by atoms with Crippen molar-refractivity contribution in [1.82, 2.24) is 3.97 Å². The predicted molar refractivity (Wildman–Crippen MR) is 110 cm³/mol. The van der Waals surface area contributed by atoms with Crippen LogP contribution in [-0.4, -0.2) is 42.8 Å². The van der Waals surface area contributed by atoms with Crippen LogP contribution < -0.4 is 0 Å². The molecular formula is C20H23BN2O5S. The number of aromatic nitrogens is 1. The van der Waals surface area contributed by atoms with E-state index in [1.807, 2.05) is 34.6 Å². The second-order valence-electron chi connectivity index (χ2n) is 8.47. The van der Waals surface area contributed by atoms with Crippen molar-refractivity contribution in [2.45, 2.75) is 56.5 Å². The van der Waals surface area contributed by atoms with Crippen LogP contribution in [0.15, 0.2) is 46.4 Å². The number of hydrogen-bond acceptors (Lipinski definition) is 5. The third-order valence-electron chi connectivity index (χ3n) is 5.94. The third-order valence-corrected chi connectivity index (χ3v) is 7.63. The van der Waals surface area contributed by atoms with E-state index in [-0.39, 0.29) is 10.6 Å². The largest absolute Gasteiger partial charge is 0.471 e. The van der Waals surface area contributed by atoms with Crippen molar-refractivity contribution in [1.29, 1.82) is 0 Å². The van der Waals surface area contributed by atoms with Gasteiger partial charge in [0.2, 0.25) is 0 Å². The lowest BCUT2D eigenvalue weighted by Crippen LogP contribution is -2.41. The van der Waals surface area contributed by atoms with Crippen molar-refractivity contribution in [2.75, 3.05) is 0 Å². The zero-order valence-electron chi connectivity index (χ0n) is 17.0. The number of aliphatic imine (C=N–C) groups is 1. The fourth-order valence-electron chi connectivity index (χ4n) is 3.48. The van der Waals surface area contributed by atoms with E-state index in [1.165, 1.54) is 24.5 Å². The molecule has 2 aliphatic rings. The molecular weight excluding hydrogens is 391 g/mol. The van der Waals surface area contributed by atoms with Gasteiger partial charge >= 0.3 is 7.12 Å². The first-order valence-electron chi connectivity index (χ1n) is 9.42. The molecule has 1 unspecified atom stereocenters. The van der Waals surface area contributed by atoms with Crippen LogP contribution in [0.25, 0.3) is 0 Å². The quantitative estimate of drug-likeness (QED) is 0.721. The van der Waals surface area contributed by atoms with E-state index in [2.05, 4.69) is 4.99 Å². The topological polar surface area (TPSA) is 87.0 Å². The minimum absolute atomic E-state index is 0.0211. The highest BCUT2D eigenvalue weighted by Gasteiger charge is 2.55. The molecule has 0 bridgehead atoms. The summed E-state index contributed by atoms with van der Waals surface area (Å²) in [6.07, 6.45) is 2.88. The van der Waals surface area contributed by atoms with Crippen molar-refractivity contribution in [3.63, 3.8) is 0 Å². The second-order valence-corrected chi connectivity index (χ2v) is 10.3. The van der Waals surface area contributed by atoms with Crippen LogP contribution in [0, 0.1) is 6.92 Å². The average molecular weight is 414 g/mol. The molecule has 7 nitrogen and oxygen atoms in total. The molecule has 1 aromatic heterocycles. The van der Waals surface area contributed by atoms with Crippen LogP contribution in [-0.2, 0) is 19.3 Å². The molecule has 0 spiro atoms. The highest BCUT2D eigenvalue weighted by molar-refractivity contribution is 7.90. The van der Waals surface area contributed by atoms with Gasteiger partial charge in [-0.15, -0.1) is 0 Å². The molecule has 2 aromatic rings. The van der Waals surface area contributed by atoms with Gasteiger partial charge in [0.05, 0.1) is 21.9 Å². The molecule has 0 aliphatic carbocycles. The van der Waals surface area contributed by atoms with Gasteiger partial charge in [0.1, 0.15) is 5.69 Å². The summed E-state index contributed by atoms with van der Waals surface area (Å²) in [5.41, 5.74) is 0.389. The summed E-state index contributed by atoms with van der Waals surface area (Å²) in [6, 6.07) is 8.12. The smallest absolute Gasteiger partial charge is 0.403 e. The highest BCUT2D eigenvalue weighted by Crippen LogP contribution is 2.42. The molecule has 0 saturated carbocycles. The minimum atomic E-state index is -3.94. The highest BCUT2D eigenvalue weighted by atomic mass is 32.2. The van der Waals surface area contributed by atoms with Gasteiger partial charge in [0.25, 0.3) is 15.9 Å². The first kappa shape index (κ1) is 20.1. The number of carbonyl (C=O) groups excluding carboxylic acids is 1. The zero-order chi connectivity index (χ0) is 21.2. The number of aryl methyl sites for hydroxylation is 1. The number of rotatable bonds is 3. The van der Waals surface area contributed by atoms with E-state index in [9.17, 15) is 13.2 Å². The Labute approximate surface area is 170 Å². The molecule has 0 radical (unpaired) electrons. The zero-order valence-corrected chi connectivity index (χ0v) is 17.9. The van der Waals surface area contributed by atoms with Gasteiger partial charge in [-0.3, -0.25) is 4.79 Å². The molecule has 1 amide bonds. The molecule has 9 heteroatoms. The Balaban J connectivity index is 1.77. The summed E-state index contributed by atoms with van der Waals surface area (Å²) in [4.78, 5) is 16.6. The summed E-state index contributed by atoms with van der Waals surface area (Å²) in [5.74, 6) is -1.09. The Morgan fingerprint density at radius 1 is 1.03 bits per heavy atom. The minimum Gasteiger partial charge on any atom is -0.403 e. The van der Waals surface area contributed by atoms with E-state index < -0.39 is 40.1 Å². The Morgan fingerprint density at radius 3 is 2.21 bits per heavy atom. The molecule has 4 rings (SSSR count). The molecule has 3 heterocycles. The summed E-state index contributed by atoms with van der Waals surface area (Å²) in [6.45, 7) is 9.62. The summed E-state index contributed by atoms with van der Waals surface area (Å²) in [7, 11) is -4.61. The van der Waals surface area contributed by atoms with Gasteiger partial charge in [-0.05, 0) is 58.4 Å². The maximum atomic E-state index is 13.2. The summed E-state index contributed by atoms with van der Waals surface area (Å²) in [5, 5.41) is 0. The normalized spacial score (nSPS) is 22.7. The Hall–Kier alpha value is -2.23. The number of carbonyl (C=O) groups is 1. The van der Waals surface area contributed by atoms with Crippen molar-refractivity contribution in [3.8, 4) is 0 Å². The molecule has 1 aromatic carbocycles. The Kier molecular flexibility index (Phi) is 4.42. The van der Waals surface area contributed by atoms with Crippen LogP contribution in [0.1, 0.15) is 55.1 Å².